The van der Waals surface area contributed by atoms with Gasteiger partial charge in [-0.3, -0.25) is 0 Å². The van der Waals surface area contributed by atoms with Crippen molar-refractivity contribution >= 4 is 0 Å². The molecule has 3 aliphatic rings. The van der Waals surface area contributed by atoms with Gasteiger partial charge in [-0.1, -0.05) is 0 Å². The van der Waals surface area contributed by atoms with Crippen molar-refractivity contribution in [2.75, 3.05) is 33.0 Å². The Labute approximate surface area is 218 Å². The molecule has 0 spiro atoms. The van der Waals surface area contributed by atoms with Crippen LogP contribution in [0.2, 0.25) is 0 Å². The van der Waals surface area contributed by atoms with Gasteiger partial charge in [0, 0.05) is 13.2 Å². The van der Waals surface area contributed by atoms with E-state index in [4.69, 9.17) is 33.2 Å². The lowest BCUT2D eigenvalue weighted by molar-refractivity contribution is -0.380. The van der Waals surface area contributed by atoms with Crippen LogP contribution in [0.25, 0.3) is 0 Å². The predicted octanol–water partition coefficient (Wildman–Crippen LogP) is -5.48. The highest BCUT2D eigenvalue weighted by atomic mass is 16.8. The summed E-state index contributed by atoms with van der Waals surface area (Å²) >= 11 is 0. The molecule has 0 bridgehead atoms. The summed E-state index contributed by atoms with van der Waals surface area (Å²) < 4.78 is 38.2. The van der Waals surface area contributed by atoms with E-state index < -0.39 is 112 Å². The summed E-state index contributed by atoms with van der Waals surface area (Å²) in [6.07, 6.45) is -22.4. The Balaban J connectivity index is 1.71. The molecule has 0 aromatic carbocycles. The van der Waals surface area contributed by atoms with Gasteiger partial charge in [0.25, 0.3) is 0 Å². The molecule has 3 heterocycles. The third kappa shape index (κ3) is 6.63. The van der Waals surface area contributed by atoms with Crippen LogP contribution in [-0.2, 0) is 33.2 Å². The Morgan fingerprint density at radius 2 is 0.816 bits per heavy atom. The van der Waals surface area contributed by atoms with E-state index in [1.807, 2.05) is 0 Å². The van der Waals surface area contributed by atoms with E-state index in [0.717, 1.165) is 0 Å². The normalized spacial score (nSPS) is 48.2. The molecular formula is C22H40O16. The zero-order chi connectivity index (χ0) is 28.1. The van der Waals surface area contributed by atoms with E-state index in [2.05, 4.69) is 0 Å². The summed E-state index contributed by atoms with van der Waals surface area (Å²) in [6, 6.07) is 0. The number of rotatable bonds is 11. The van der Waals surface area contributed by atoms with Crippen LogP contribution in [0.15, 0.2) is 0 Å². The number of ether oxygens (including phenoxy) is 7. The molecule has 0 aromatic rings. The van der Waals surface area contributed by atoms with Gasteiger partial charge >= 0.3 is 0 Å². The fourth-order valence-corrected chi connectivity index (χ4v) is 4.73. The summed E-state index contributed by atoms with van der Waals surface area (Å²) in [5.74, 6) is 0. The second-order valence-electron chi connectivity index (χ2n) is 9.20. The summed E-state index contributed by atoms with van der Waals surface area (Å²) in [5, 5.41) is 92.5. The van der Waals surface area contributed by atoms with Crippen LogP contribution in [0.3, 0.4) is 0 Å². The van der Waals surface area contributed by atoms with Gasteiger partial charge in [0.2, 0.25) is 0 Å². The first-order chi connectivity index (χ1) is 18.1. The molecule has 9 N–H and O–H groups in total. The molecule has 0 amide bonds. The van der Waals surface area contributed by atoms with Crippen molar-refractivity contribution in [3.05, 3.63) is 0 Å². The fraction of sp³-hybridized carbons (Fsp3) is 1.00. The van der Waals surface area contributed by atoms with Crippen molar-refractivity contribution in [3.63, 3.8) is 0 Å². The summed E-state index contributed by atoms with van der Waals surface area (Å²) in [6.45, 7) is 1.58. The molecule has 224 valence electrons. The minimum absolute atomic E-state index is 0.149. The zero-order valence-corrected chi connectivity index (χ0v) is 21.1. The first kappa shape index (κ1) is 31.9. The van der Waals surface area contributed by atoms with Crippen molar-refractivity contribution in [2.45, 2.75) is 106 Å². The summed E-state index contributed by atoms with van der Waals surface area (Å²) in [4.78, 5) is 0. The van der Waals surface area contributed by atoms with Crippen molar-refractivity contribution in [2.24, 2.45) is 0 Å². The molecular weight excluding hydrogens is 520 g/mol. The molecule has 3 fully saturated rings. The largest absolute Gasteiger partial charge is 0.394 e. The lowest BCUT2D eigenvalue weighted by atomic mass is 9.96. The standard InChI is InChI=1S/C22H40O16/c1-3-32-17-8(5-23)35-21(15(30)11(17)26)38-19-10(7-25)36-22(16(31)13(19)28)37-18-9(6-24)34-20(33-4-2)14(29)12(18)27/h8-31H,3-7H2,1-2H3. The van der Waals surface area contributed by atoms with E-state index in [1.54, 1.807) is 13.8 Å². The molecule has 3 aliphatic heterocycles. The van der Waals surface area contributed by atoms with Crippen molar-refractivity contribution < 1.29 is 79.1 Å². The Bertz CT molecular complexity index is 696. The van der Waals surface area contributed by atoms with Crippen LogP contribution in [0.1, 0.15) is 13.8 Å². The van der Waals surface area contributed by atoms with E-state index in [-0.39, 0.29) is 13.2 Å². The molecule has 3 rings (SSSR count). The van der Waals surface area contributed by atoms with Gasteiger partial charge in [0.05, 0.1) is 19.8 Å². The van der Waals surface area contributed by atoms with Gasteiger partial charge in [-0.2, -0.15) is 0 Å². The monoisotopic (exact) mass is 560 g/mol. The van der Waals surface area contributed by atoms with E-state index >= 15 is 0 Å². The van der Waals surface area contributed by atoms with Gasteiger partial charge < -0.3 is 79.1 Å². The third-order valence-corrected chi connectivity index (χ3v) is 6.73. The third-order valence-electron chi connectivity index (χ3n) is 6.73. The maximum atomic E-state index is 10.8. The van der Waals surface area contributed by atoms with E-state index in [1.165, 1.54) is 0 Å². The number of aliphatic hydroxyl groups is 9. The number of aliphatic hydroxyl groups excluding tert-OH is 9. The van der Waals surface area contributed by atoms with Crippen LogP contribution in [-0.4, -0.2) is 171 Å². The molecule has 15 atom stereocenters. The average molecular weight is 561 g/mol. The maximum Gasteiger partial charge on any atom is 0.187 e. The van der Waals surface area contributed by atoms with Gasteiger partial charge in [-0.05, 0) is 13.8 Å². The molecule has 16 heteroatoms. The SMILES string of the molecule is CCOC1OC(CO)C(OC2OC(CO)C(OC3OC(CO)C(OCC)C(O)C3O)C(O)C2O)C(O)C1O. The molecule has 16 nitrogen and oxygen atoms in total. The highest BCUT2D eigenvalue weighted by Gasteiger charge is 2.53. The topological polar surface area (TPSA) is 247 Å². The molecule has 3 saturated heterocycles. The Morgan fingerprint density at radius 1 is 0.474 bits per heavy atom. The maximum absolute atomic E-state index is 10.8. The van der Waals surface area contributed by atoms with Gasteiger partial charge in [-0.25, -0.2) is 0 Å². The second-order valence-corrected chi connectivity index (χ2v) is 9.20. The Hall–Kier alpha value is -0.640. The van der Waals surface area contributed by atoms with E-state index in [9.17, 15) is 46.0 Å². The first-order valence-corrected chi connectivity index (χ1v) is 12.5. The van der Waals surface area contributed by atoms with Crippen LogP contribution >= 0.6 is 0 Å². The van der Waals surface area contributed by atoms with Crippen molar-refractivity contribution in [1.82, 2.24) is 0 Å². The summed E-state index contributed by atoms with van der Waals surface area (Å²) in [7, 11) is 0. The highest BCUT2D eigenvalue weighted by Crippen LogP contribution is 2.33. The zero-order valence-electron chi connectivity index (χ0n) is 21.1. The van der Waals surface area contributed by atoms with Gasteiger partial charge in [0.1, 0.15) is 73.2 Å². The van der Waals surface area contributed by atoms with Crippen LogP contribution in [0.5, 0.6) is 0 Å². The van der Waals surface area contributed by atoms with E-state index in [0.29, 0.717) is 0 Å². The van der Waals surface area contributed by atoms with Crippen molar-refractivity contribution in [3.8, 4) is 0 Å². The Morgan fingerprint density at radius 3 is 1.21 bits per heavy atom. The quantitative estimate of drug-likeness (QED) is 0.114. The molecule has 0 saturated carbocycles. The number of hydrogen-bond acceptors (Lipinski definition) is 16. The molecule has 0 aliphatic carbocycles. The highest BCUT2D eigenvalue weighted by molar-refractivity contribution is 4.96. The lowest BCUT2D eigenvalue weighted by Crippen LogP contribution is -2.66. The average Bonchev–Trinajstić information content (AvgIpc) is 2.91. The Kier molecular flexibility index (Phi) is 12.0. The smallest absolute Gasteiger partial charge is 0.187 e. The fourth-order valence-electron chi connectivity index (χ4n) is 4.73. The van der Waals surface area contributed by atoms with Gasteiger partial charge in [0.15, 0.2) is 18.9 Å². The summed E-state index contributed by atoms with van der Waals surface area (Å²) in [5.41, 5.74) is 0. The molecule has 15 unspecified atom stereocenters. The molecule has 0 aromatic heterocycles. The lowest BCUT2D eigenvalue weighted by Gasteiger charge is -2.48. The minimum Gasteiger partial charge on any atom is -0.394 e. The predicted molar refractivity (Wildman–Crippen MR) is 120 cm³/mol. The molecule has 38 heavy (non-hydrogen) atoms. The van der Waals surface area contributed by atoms with Crippen LogP contribution < -0.4 is 0 Å². The second kappa shape index (κ2) is 14.3. The van der Waals surface area contributed by atoms with Crippen LogP contribution in [0, 0.1) is 0 Å². The van der Waals surface area contributed by atoms with Gasteiger partial charge in [-0.15, -0.1) is 0 Å². The van der Waals surface area contributed by atoms with Crippen molar-refractivity contribution in [1.29, 1.82) is 0 Å². The molecule has 0 radical (unpaired) electrons. The number of hydrogen-bond donors (Lipinski definition) is 9. The first-order valence-electron chi connectivity index (χ1n) is 12.5. The minimum atomic E-state index is -1.86. The van der Waals surface area contributed by atoms with Crippen LogP contribution in [0.4, 0.5) is 0 Å².